The lowest BCUT2D eigenvalue weighted by Crippen LogP contribution is -2.32. The summed E-state index contributed by atoms with van der Waals surface area (Å²) in [6.45, 7) is 4.92. The maximum atomic E-state index is 13.0. The molecule has 1 aliphatic rings. The Bertz CT molecular complexity index is 949. The van der Waals surface area contributed by atoms with Crippen LogP contribution in [0.5, 0.6) is 0 Å². The number of sulfonamides is 1. The largest absolute Gasteiger partial charge is 0.376 e. The van der Waals surface area contributed by atoms with Crippen LogP contribution in [-0.2, 0) is 14.8 Å². The highest BCUT2D eigenvalue weighted by Crippen LogP contribution is 2.26. The molecule has 150 valence electrons. The number of nitrogens with zero attached hydrogens (tertiary/aromatic N) is 1. The van der Waals surface area contributed by atoms with E-state index in [9.17, 15) is 13.2 Å². The minimum Gasteiger partial charge on any atom is -0.376 e. The van der Waals surface area contributed by atoms with E-state index in [0.717, 1.165) is 30.6 Å². The average molecular weight is 403 g/mol. The monoisotopic (exact) mass is 402 g/mol. The van der Waals surface area contributed by atoms with Gasteiger partial charge in [-0.25, -0.2) is 8.42 Å². The molecule has 0 radical (unpaired) electrons. The molecule has 1 aliphatic heterocycles. The molecule has 3 rings (SSSR count). The summed E-state index contributed by atoms with van der Waals surface area (Å²) in [5.41, 5.74) is 2.66. The summed E-state index contributed by atoms with van der Waals surface area (Å²) in [5, 5.41) is 2.87. The third-order valence-electron chi connectivity index (χ3n) is 5.00. The first-order valence-electron chi connectivity index (χ1n) is 9.35. The van der Waals surface area contributed by atoms with Crippen LogP contribution in [0.1, 0.15) is 34.3 Å². The molecular weight excluding hydrogens is 376 g/mol. The maximum Gasteiger partial charge on any atom is 0.264 e. The fraction of sp³-hybridized carbons (Fsp3) is 0.381. The Balaban J connectivity index is 1.81. The van der Waals surface area contributed by atoms with Gasteiger partial charge in [-0.2, -0.15) is 0 Å². The Hall–Kier alpha value is -2.38. The zero-order chi connectivity index (χ0) is 20.3. The van der Waals surface area contributed by atoms with Gasteiger partial charge < -0.3 is 10.1 Å². The van der Waals surface area contributed by atoms with E-state index in [-0.39, 0.29) is 16.9 Å². The predicted octanol–water partition coefficient (Wildman–Crippen LogP) is 3.04. The molecule has 2 aromatic rings. The van der Waals surface area contributed by atoms with Gasteiger partial charge in [-0.1, -0.05) is 23.8 Å². The Morgan fingerprint density at radius 1 is 1.18 bits per heavy atom. The lowest BCUT2D eigenvalue weighted by molar-refractivity contribution is 0.0858. The van der Waals surface area contributed by atoms with Crippen molar-refractivity contribution in [3.8, 4) is 0 Å². The highest BCUT2D eigenvalue weighted by Gasteiger charge is 2.23. The van der Waals surface area contributed by atoms with Crippen molar-refractivity contribution in [1.82, 2.24) is 5.32 Å². The van der Waals surface area contributed by atoms with Gasteiger partial charge in [-0.15, -0.1) is 0 Å². The van der Waals surface area contributed by atoms with Crippen molar-refractivity contribution in [3.63, 3.8) is 0 Å². The van der Waals surface area contributed by atoms with E-state index in [4.69, 9.17) is 4.74 Å². The van der Waals surface area contributed by atoms with E-state index in [2.05, 4.69) is 5.32 Å². The maximum absolute atomic E-state index is 13.0. The number of carbonyl (C=O) groups excluding carboxylic acids is 1. The van der Waals surface area contributed by atoms with Gasteiger partial charge in [0, 0.05) is 25.8 Å². The van der Waals surface area contributed by atoms with Gasteiger partial charge in [-0.05, 0) is 56.5 Å². The normalized spacial score (nSPS) is 16.8. The highest BCUT2D eigenvalue weighted by atomic mass is 32.2. The molecule has 0 bridgehead atoms. The van der Waals surface area contributed by atoms with Gasteiger partial charge in [-0.3, -0.25) is 9.10 Å². The molecular formula is C21H26N2O4S. The number of aryl methyl sites for hydroxylation is 2. The summed E-state index contributed by atoms with van der Waals surface area (Å²) in [4.78, 5) is 12.7. The Labute approximate surface area is 166 Å². The van der Waals surface area contributed by atoms with Crippen molar-refractivity contribution in [2.75, 3.05) is 24.5 Å². The lowest BCUT2D eigenvalue weighted by atomic mass is 10.1. The molecule has 0 aliphatic carbocycles. The van der Waals surface area contributed by atoms with Crippen molar-refractivity contribution in [2.24, 2.45) is 0 Å². The molecule has 0 spiro atoms. The molecule has 1 atom stereocenters. The summed E-state index contributed by atoms with van der Waals surface area (Å²) >= 11 is 0. The van der Waals surface area contributed by atoms with Gasteiger partial charge in [0.05, 0.1) is 16.7 Å². The lowest BCUT2D eigenvalue weighted by Gasteiger charge is -2.22. The molecule has 0 saturated carbocycles. The third kappa shape index (κ3) is 4.36. The van der Waals surface area contributed by atoms with Crippen LogP contribution in [0.15, 0.2) is 47.4 Å². The van der Waals surface area contributed by atoms with E-state index in [0.29, 0.717) is 17.8 Å². The van der Waals surface area contributed by atoms with E-state index in [1.54, 1.807) is 42.5 Å². The summed E-state index contributed by atoms with van der Waals surface area (Å²) in [6.07, 6.45) is 2.01. The molecule has 1 fully saturated rings. The summed E-state index contributed by atoms with van der Waals surface area (Å²) < 4.78 is 32.7. The van der Waals surface area contributed by atoms with E-state index >= 15 is 0 Å². The number of rotatable bonds is 6. The van der Waals surface area contributed by atoms with E-state index in [1.165, 1.54) is 11.4 Å². The summed E-state index contributed by atoms with van der Waals surface area (Å²) in [6, 6.07) is 11.8. The minimum atomic E-state index is -3.72. The molecule has 2 aromatic carbocycles. The first kappa shape index (κ1) is 20.4. The average Bonchev–Trinajstić information content (AvgIpc) is 3.20. The third-order valence-corrected chi connectivity index (χ3v) is 6.79. The zero-order valence-electron chi connectivity index (χ0n) is 16.4. The van der Waals surface area contributed by atoms with Gasteiger partial charge >= 0.3 is 0 Å². The standard InChI is InChI=1S/C21H26N2O4S/c1-15-6-10-19(11-7-15)28(25,26)23(3)20-13-17(9-8-16(20)2)21(24)22-14-18-5-4-12-27-18/h6-11,13,18H,4-5,12,14H2,1-3H3,(H,22,24)/t18-/m1/s1. The van der Waals surface area contributed by atoms with Crippen LogP contribution < -0.4 is 9.62 Å². The first-order chi connectivity index (χ1) is 13.3. The number of amides is 1. The second-order valence-electron chi connectivity index (χ2n) is 7.13. The number of benzene rings is 2. The van der Waals surface area contributed by atoms with Crippen LogP contribution in [0, 0.1) is 13.8 Å². The van der Waals surface area contributed by atoms with Gasteiger partial charge in [0.15, 0.2) is 0 Å². The quantitative estimate of drug-likeness (QED) is 0.806. The topological polar surface area (TPSA) is 75.7 Å². The van der Waals surface area contributed by atoms with Crippen LogP contribution >= 0.6 is 0 Å². The summed E-state index contributed by atoms with van der Waals surface area (Å²) in [5.74, 6) is -0.238. The van der Waals surface area contributed by atoms with Crippen LogP contribution in [0.3, 0.4) is 0 Å². The van der Waals surface area contributed by atoms with Gasteiger partial charge in [0.2, 0.25) is 0 Å². The van der Waals surface area contributed by atoms with Crippen molar-refractivity contribution >= 4 is 21.6 Å². The molecule has 6 nitrogen and oxygen atoms in total. The van der Waals surface area contributed by atoms with E-state index < -0.39 is 10.0 Å². The fourth-order valence-electron chi connectivity index (χ4n) is 3.20. The van der Waals surface area contributed by atoms with Gasteiger partial charge in [0.25, 0.3) is 15.9 Å². The Morgan fingerprint density at radius 2 is 1.89 bits per heavy atom. The molecule has 1 heterocycles. The molecule has 1 saturated heterocycles. The fourth-order valence-corrected chi connectivity index (χ4v) is 4.45. The van der Waals surface area contributed by atoms with Crippen LogP contribution in [0.25, 0.3) is 0 Å². The highest BCUT2D eigenvalue weighted by molar-refractivity contribution is 7.92. The first-order valence-corrected chi connectivity index (χ1v) is 10.8. The number of hydrogen-bond acceptors (Lipinski definition) is 4. The molecule has 28 heavy (non-hydrogen) atoms. The molecule has 1 N–H and O–H groups in total. The minimum absolute atomic E-state index is 0.0541. The summed E-state index contributed by atoms with van der Waals surface area (Å²) in [7, 11) is -2.21. The number of nitrogens with one attached hydrogen (secondary N) is 1. The zero-order valence-corrected chi connectivity index (χ0v) is 17.3. The van der Waals surface area contributed by atoms with Crippen LogP contribution in [-0.4, -0.2) is 40.6 Å². The number of ether oxygens (including phenoxy) is 1. The van der Waals surface area contributed by atoms with Crippen LogP contribution in [0.4, 0.5) is 5.69 Å². The second kappa shape index (κ2) is 8.32. The molecule has 7 heteroatoms. The molecule has 1 amide bonds. The van der Waals surface area contributed by atoms with Crippen molar-refractivity contribution in [2.45, 2.75) is 37.7 Å². The Kier molecular flexibility index (Phi) is 6.05. The number of carbonyl (C=O) groups is 1. The molecule has 0 aromatic heterocycles. The van der Waals surface area contributed by atoms with Gasteiger partial charge in [0.1, 0.15) is 0 Å². The smallest absolute Gasteiger partial charge is 0.264 e. The number of anilines is 1. The van der Waals surface area contributed by atoms with Crippen molar-refractivity contribution in [3.05, 3.63) is 59.2 Å². The van der Waals surface area contributed by atoms with Crippen LogP contribution in [0.2, 0.25) is 0 Å². The van der Waals surface area contributed by atoms with E-state index in [1.807, 2.05) is 13.8 Å². The molecule has 0 unspecified atom stereocenters. The second-order valence-corrected chi connectivity index (χ2v) is 9.10. The SMILES string of the molecule is Cc1ccc(S(=O)(=O)N(C)c2cc(C(=O)NC[C@H]3CCCO3)ccc2C)cc1. The predicted molar refractivity (Wildman–Crippen MR) is 109 cm³/mol. The Morgan fingerprint density at radius 3 is 2.54 bits per heavy atom. The number of hydrogen-bond donors (Lipinski definition) is 1. The van der Waals surface area contributed by atoms with Crippen molar-refractivity contribution in [1.29, 1.82) is 0 Å². The van der Waals surface area contributed by atoms with Crippen molar-refractivity contribution < 1.29 is 17.9 Å².